The van der Waals surface area contributed by atoms with E-state index < -0.39 is 0 Å². The number of ether oxygens (including phenoxy) is 1. The zero-order valence-corrected chi connectivity index (χ0v) is 23.4. The normalized spacial score (nSPS) is 14.4. The highest BCUT2D eigenvalue weighted by Gasteiger charge is 2.23. The lowest BCUT2D eigenvalue weighted by Crippen LogP contribution is -2.37. The molecule has 1 fully saturated rings. The number of carbonyl (C=O) groups is 1. The monoisotopic (exact) mass is 522 g/mol. The molecule has 0 radical (unpaired) electrons. The first-order valence-electron chi connectivity index (χ1n) is 12.0. The van der Waals surface area contributed by atoms with Crippen LogP contribution in [-0.2, 0) is 10.3 Å². The van der Waals surface area contributed by atoms with Gasteiger partial charge in [0.2, 0.25) is 0 Å². The van der Waals surface area contributed by atoms with Crippen molar-refractivity contribution in [3.05, 3.63) is 53.9 Å². The van der Waals surface area contributed by atoms with Crippen LogP contribution >= 0.6 is 18.5 Å². The van der Waals surface area contributed by atoms with Crippen LogP contribution in [0.15, 0.2) is 42.7 Å². The number of pyridine rings is 1. The van der Waals surface area contributed by atoms with Crippen LogP contribution in [0.3, 0.4) is 0 Å². The second kappa shape index (κ2) is 9.59. The number of rotatable bonds is 4. The van der Waals surface area contributed by atoms with Gasteiger partial charge in [-0.2, -0.15) is 10.2 Å². The van der Waals surface area contributed by atoms with Crippen LogP contribution in [0.4, 0.5) is 11.5 Å². The van der Waals surface area contributed by atoms with Gasteiger partial charge in [-0.05, 0) is 80.0 Å². The molecular weight excluding hydrogens is 490 g/mol. The highest BCUT2D eigenvalue weighted by atomic mass is 31.0. The second-order valence-corrected chi connectivity index (χ2v) is 11.3. The molecule has 8 nitrogen and oxygen atoms in total. The molecule has 10 heteroatoms. The Morgan fingerprint density at radius 1 is 1.08 bits per heavy atom. The number of morpholine rings is 1. The van der Waals surface area contributed by atoms with E-state index in [1.54, 1.807) is 6.20 Å². The van der Waals surface area contributed by atoms with Crippen LogP contribution in [0.25, 0.3) is 16.6 Å². The maximum atomic E-state index is 13.2. The minimum Gasteiger partial charge on any atom is -0.378 e. The number of carbonyl (C=O) groups excluding carboxylic acids is 1. The Balaban J connectivity index is 1.52. The topological polar surface area (TPSA) is 76.7 Å². The maximum Gasteiger partial charge on any atom is 0.259 e. The lowest BCUT2D eigenvalue weighted by molar-refractivity contribution is 0.102. The van der Waals surface area contributed by atoms with Crippen molar-refractivity contribution < 1.29 is 9.53 Å². The van der Waals surface area contributed by atoms with E-state index in [9.17, 15) is 4.79 Å². The van der Waals surface area contributed by atoms with E-state index in [2.05, 4.69) is 90.9 Å². The van der Waals surface area contributed by atoms with Crippen molar-refractivity contribution in [2.45, 2.75) is 33.2 Å². The molecule has 1 aliphatic heterocycles. The van der Waals surface area contributed by atoms with Crippen LogP contribution in [0.1, 0.15) is 36.7 Å². The number of aryl methyl sites for hydroxylation is 1. The van der Waals surface area contributed by atoms with Gasteiger partial charge in [0.25, 0.3) is 5.91 Å². The fourth-order valence-electron chi connectivity index (χ4n) is 4.60. The molecule has 36 heavy (non-hydrogen) atoms. The van der Waals surface area contributed by atoms with Crippen LogP contribution in [-0.4, -0.2) is 51.6 Å². The first-order valence-corrected chi connectivity index (χ1v) is 13.2. The Bertz CT molecular complexity index is 1450. The summed E-state index contributed by atoms with van der Waals surface area (Å²) in [6.45, 7) is 11.3. The minimum absolute atomic E-state index is 0.186. The molecule has 2 unspecified atom stereocenters. The Morgan fingerprint density at radius 2 is 1.83 bits per heavy atom. The van der Waals surface area contributed by atoms with Crippen molar-refractivity contribution in [1.82, 2.24) is 19.4 Å². The molecule has 0 spiro atoms. The molecule has 1 aromatic carbocycles. The molecule has 1 saturated heterocycles. The van der Waals surface area contributed by atoms with Crippen LogP contribution < -0.4 is 21.0 Å². The SMILES string of the molecule is Cc1cc(P)c(NC(=O)c2cnn(C(C)(C)C)c2P)cc1-c1cc(N2CCOCC2)n2nccc2c1. The van der Waals surface area contributed by atoms with Gasteiger partial charge >= 0.3 is 0 Å². The Hall–Kier alpha value is -2.79. The number of hydrogen-bond donors (Lipinski definition) is 1. The third kappa shape index (κ3) is 4.66. The number of nitrogens with zero attached hydrogens (tertiary/aromatic N) is 5. The Labute approximate surface area is 215 Å². The first kappa shape index (κ1) is 24.9. The summed E-state index contributed by atoms with van der Waals surface area (Å²) in [6.07, 6.45) is 3.45. The molecule has 1 aliphatic rings. The molecule has 0 saturated carbocycles. The van der Waals surface area contributed by atoms with Crippen molar-refractivity contribution >= 4 is 52.1 Å². The molecule has 0 aliphatic carbocycles. The lowest BCUT2D eigenvalue weighted by Gasteiger charge is -2.29. The quantitative estimate of drug-likeness (QED) is 0.416. The van der Waals surface area contributed by atoms with Gasteiger partial charge in [0, 0.05) is 18.8 Å². The van der Waals surface area contributed by atoms with Crippen molar-refractivity contribution in [3.63, 3.8) is 0 Å². The van der Waals surface area contributed by atoms with Crippen molar-refractivity contribution in [3.8, 4) is 11.1 Å². The molecule has 188 valence electrons. The third-order valence-corrected chi connectivity index (χ3v) is 7.49. The minimum atomic E-state index is -0.219. The Morgan fingerprint density at radius 3 is 2.53 bits per heavy atom. The van der Waals surface area contributed by atoms with E-state index in [0.29, 0.717) is 18.8 Å². The van der Waals surface area contributed by atoms with E-state index in [4.69, 9.17) is 4.74 Å². The predicted molar refractivity (Wildman–Crippen MR) is 152 cm³/mol. The summed E-state index contributed by atoms with van der Waals surface area (Å²) in [5, 5.41) is 13.0. The zero-order valence-electron chi connectivity index (χ0n) is 21.1. The highest BCUT2D eigenvalue weighted by Crippen LogP contribution is 2.32. The van der Waals surface area contributed by atoms with Crippen LogP contribution in [0, 0.1) is 6.92 Å². The molecule has 5 rings (SSSR count). The molecule has 0 bridgehead atoms. The van der Waals surface area contributed by atoms with Crippen molar-refractivity contribution in [2.24, 2.45) is 0 Å². The molecular formula is C26H32N6O2P2. The van der Waals surface area contributed by atoms with Crippen LogP contribution in [0.2, 0.25) is 0 Å². The first-order chi connectivity index (χ1) is 17.1. The average molecular weight is 523 g/mol. The van der Waals surface area contributed by atoms with Crippen molar-refractivity contribution in [2.75, 3.05) is 36.5 Å². The largest absolute Gasteiger partial charge is 0.378 e. The predicted octanol–water partition coefficient (Wildman–Crippen LogP) is 3.35. The van der Waals surface area contributed by atoms with E-state index in [1.807, 2.05) is 21.5 Å². The zero-order chi connectivity index (χ0) is 25.6. The summed E-state index contributed by atoms with van der Waals surface area (Å²) < 4.78 is 9.38. The fourth-order valence-corrected chi connectivity index (χ4v) is 5.66. The summed E-state index contributed by atoms with van der Waals surface area (Å²) in [7, 11) is 5.40. The number of aromatic nitrogens is 4. The summed E-state index contributed by atoms with van der Waals surface area (Å²) in [5.41, 5.74) is 6.12. The van der Waals surface area contributed by atoms with Gasteiger partial charge in [-0.15, -0.1) is 9.24 Å². The van der Waals surface area contributed by atoms with Gasteiger partial charge in [-0.3, -0.25) is 9.48 Å². The van der Waals surface area contributed by atoms with Gasteiger partial charge in [0.15, 0.2) is 0 Å². The number of fused-ring (bicyclic) bond motifs is 1. The standard InChI is InChI=1S/C26H32N6O2P2/c1-16-11-22(35)21(29-24(33)20-15-28-32(25(20)36)26(2,3)4)14-19(16)17-12-18-5-6-27-31(18)23(13-17)30-7-9-34-10-8-30/h5-6,11-15H,7-10,35-36H2,1-4H3,(H,29,33). The second-order valence-electron chi connectivity index (χ2n) is 10.1. The number of amides is 1. The number of nitrogens with one attached hydrogen (secondary N) is 1. The van der Waals surface area contributed by atoms with Gasteiger partial charge in [0.1, 0.15) is 5.82 Å². The molecule has 1 N–H and O–H groups in total. The van der Waals surface area contributed by atoms with Gasteiger partial charge < -0.3 is 15.0 Å². The number of anilines is 2. The van der Waals surface area contributed by atoms with Crippen molar-refractivity contribution in [1.29, 1.82) is 0 Å². The summed E-state index contributed by atoms with van der Waals surface area (Å²) in [5.74, 6) is 0.854. The highest BCUT2D eigenvalue weighted by molar-refractivity contribution is 7.28. The smallest absolute Gasteiger partial charge is 0.259 e. The molecule has 4 heterocycles. The number of benzene rings is 1. The van der Waals surface area contributed by atoms with Gasteiger partial charge in [-0.25, -0.2) is 4.52 Å². The van der Waals surface area contributed by atoms with E-state index >= 15 is 0 Å². The maximum absolute atomic E-state index is 13.2. The van der Waals surface area contributed by atoms with Gasteiger partial charge in [-0.1, -0.05) is 9.24 Å². The molecule has 3 aromatic heterocycles. The third-order valence-electron chi connectivity index (χ3n) is 6.45. The average Bonchev–Trinajstić information content (AvgIpc) is 3.47. The van der Waals surface area contributed by atoms with Gasteiger partial charge in [0.05, 0.1) is 47.7 Å². The van der Waals surface area contributed by atoms with E-state index in [0.717, 1.165) is 57.5 Å². The summed E-state index contributed by atoms with van der Waals surface area (Å²) >= 11 is 0. The molecule has 4 aromatic rings. The summed E-state index contributed by atoms with van der Waals surface area (Å²) in [6, 6.07) is 10.5. The van der Waals surface area contributed by atoms with Crippen LogP contribution in [0.5, 0.6) is 0 Å². The molecule has 2 atom stereocenters. The van der Waals surface area contributed by atoms with E-state index in [-0.39, 0.29) is 11.4 Å². The number of hydrogen-bond acceptors (Lipinski definition) is 5. The molecule has 1 amide bonds. The Kier molecular flexibility index (Phi) is 6.63. The lowest BCUT2D eigenvalue weighted by atomic mass is 9.99. The summed E-state index contributed by atoms with van der Waals surface area (Å²) in [4.78, 5) is 15.6. The fraction of sp³-hybridized carbons (Fsp3) is 0.346. The van der Waals surface area contributed by atoms with E-state index in [1.165, 1.54) is 0 Å².